The van der Waals surface area contributed by atoms with Crippen LogP contribution in [0.25, 0.3) is 4.96 Å². The van der Waals surface area contributed by atoms with Gasteiger partial charge in [0.05, 0.1) is 11.9 Å². The summed E-state index contributed by atoms with van der Waals surface area (Å²) in [4.78, 5) is 21.0. The summed E-state index contributed by atoms with van der Waals surface area (Å²) in [6.45, 7) is 4.56. The van der Waals surface area contributed by atoms with Crippen LogP contribution < -0.4 is 5.56 Å². The highest BCUT2D eigenvalue weighted by molar-refractivity contribution is 7.88. The Balaban J connectivity index is 1.60. The predicted octanol–water partition coefficient (Wildman–Crippen LogP) is 0.920. The normalized spacial score (nSPS) is 25.5. The Hall–Kier alpha value is -1.29. The van der Waals surface area contributed by atoms with E-state index in [4.69, 9.17) is 0 Å². The van der Waals surface area contributed by atoms with Crippen molar-refractivity contribution in [3.05, 3.63) is 33.2 Å². The molecule has 0 saturated carbocycles. The minimum Gasteiger partial charge on any atom is -0.293 e. The Morgan fingerprint density at radius 3 is 2.84 bits per heavy atom. The van der Waals surface area contributed by atoms with Gasteiger partial charge in [-0.05, 0) is 25.7 Å². The van der Waals surface area contributed by atoms with Crippen LogP contribution in [-0.4, -0.2) is 58.9 Å². The van der Waals surface area contributed by atoms with Gasteiger partial charge in [-0.2, -0.15) is 0 Å². The molecule has 3 aliphatic rings. The van der Waals surface area contributed by atoms with E-state index in [0.717, 1.165) is 34.9 Å². The summed E-state index contributed by atoms with van der Waals surface area (Å²) in [5.74, 6) is 0.349. The maximum atomic E-state index is 12.3. The second-order valence-electron chi connectivity index (χ2n) is 7.19. The lowest BCUT2D eigenvalue weighted by Crippen LogP contribution is -2.44. The molecule has 25 heavy (non-hydrogen) atoms. The molecule has 5 rings (SSSR count). The molecule has 0 radical (unpaired) electrons. The topological polar surface area (TPSA) is 75.0 Å². The van der Waals surface area contributed by atoms with Crippen LogP contribution in [0.3, 0.4) is 0 Å². The highest BCUT2D eigenvalue weighted by atomic mass is 32.2. The molecule has 0 aromatic carbocycles. The number of piperidine rings is 1. The number of rotatable bonds is 3. The first-order chi connectivity index (χ1) is 11.8. The van der Waals surface area contributed by atoms with Crippen LogP contribution in [0.1, 0.15) is 23.4 Å². The maximum absolute atomic E-state index is 12.3. The number of sulfonamides is 1. The highest BCUT2D eigenvalue weighted by Gasteiger charge is 2.37. The van der Waals surface area contributed by atoms with E-state index < -0.39 is 10.0 Å². The van der Waals surface area contributed by atoms with Crippen LogP contribution in [0.4, 0.5) is 0 Å². The molecule has 0 N–H and O–H groups in total. The van der Waals surface area contributed by atoms with Gasteiger partial charge in [0.1, 0.15) is 0 Å². The molecule has 5 heterocycles. The number of hydrogen-bond donors (Lipinski definition) is 0. The van der Waals surface area contributed by atoms with Gasteiger partial charge >= 0.3 is 0 Å². The molecule has 0 unspecified atom stereocenters. The largest absolute Gasteiger partial charge is 0.293 e. The lowest BCUT2D eigenvalue weighted by Gasteiger charge is -2.35. The zero-order chi connectivity index (χ0) is 17.8. The van der Waals surface area contributed by atoms with Crippen molar-refractivity contribution in [1.29, 1.82) is 0 Å². The maximum Gasteiger partial charge on any atom is 0.258 e. The van der Waals surface area contributed by atoms with Crippen molar-refractivity contribution >= 4 is 26.3 Å². The lowest BCUT2D eigenvalue weighted by atomic mass is 9.95. The van der Waals surface area contributed by atoms with Crippen molar-refractivity contribution in [2.75, 3.05) is 25.9 Å². The first-order valence-corrected chi connectivity index (χ1v) is 11.1. The van der Waals surface area contributed by atoms with E-state index in [1.54, 1.807) is 14.8 Å². The predicted molar refractivity (Wildman–Crippen MR) is 97.4 cm³/mol. The molecular formula is C16H22N4O3S2. The van der Waals surface area contributed by atoms with Crippen molar-refractivity contribution in [3.8, 4) is 0 Å². The third-order valence-corrected chi connectivity index (χ3v) is 7.30. The Labute approximate surface area is 150 Å². The monoisotopic (exact) mass is 382 g/mol. The van der Waals surface area contributed by atoms with E-state index in [2.05, 4.69) is 9.88 Å². The minimum absolute atomic E-state index is 0.0536. The molecule has 0 amide bonds. The van der Waals surface area contributed by atoms with Crippen LogP contribution in [0.5, 0.6) is 0 Å². The van der Waals surface area contributed by atoms with Gasteiger partial charge in [0, 0.05) is 49.4 Å². The fraction of sp³-hybridized carbons (Fsp3) is 0.625. The summed E-state index contributed by atoms with van der Waals surface area (Å²) < 4.78 is 27.1. The quantitative estimate of drug-likeness (QED) is 0.789. The first kappa shape index (κ1) is 17.1. The summed E-state index contributed by atoms with van der Waals surface area (Å²) in [6.07, 6.45) is 5.16. The van der Waals surface area contributed by atoms with Gasteiger partial charge in [-0.1, -0.05) is 0 Å². The van der Waals surface area contributed by atoms with Crippen LogP contribution in [-0.2, 0) is 16.6 Å². The van der Waals surface area contributed by atoms with Crippen molar-refractivity contribution in [1.82, 2.24) is 18.6 Å². The number of aryl methyl sites for hydroxylation is 1. The molecule has 3 fully saturated rings. The minimum atomic E-state index is -3.16. The molecule has 0 spiro atoms. The number of aromatic nitrogens is 2. The average Bonchev–Trinajstić information content (AvgIpc) is 2.69. The van der Waals surface area contributed by atoms with Crippen molar-refractivity contribution in [2.24, 2.45) is 5.92 Å². The summed E-state index contributed by atoms with van der Waals surface area (Å²) in [5.41, 5.74) is 0.715. The summed E-state index contributed by atoms with van der Waals surface area (Å²) >= 11 is 1.51. The highest BCUT2D eigenvalue weighted by Crippen LogP contribution is 2.30. The molecule has 3 aliphatic heterocycles. The van der Waals surface area contributed by atoms with Crippen molar-refractivity contribution in [3.63, 3.8) is 0 Å². The van der Waals surface area contributed by atoms with E-state index in [1.807, 2.05) is 13.1 Å². The summed E-state index contributed by atoms with van der Waals surface area (Å²) in [6, 6.07) is 1.80. The van der Waals surface area contributed by atoms with E-state index >= 15 is 0 Å². The molecule has 2 atom stereocenters. The lowest BCUT2D eigenvalue weighted by molar-refractivity contribution is 0.124. The number of nitrogens with zero attached hydrogens (tertiary/aromatic N) is 4. The van der Waals surface area contributed by atoms with E-state index in [-0.39, 0.29) is 11.6 Å². The van der Waals surface area contributed by atoms with Gasteiger partial charge in [-0.3, -0.25) is 14.1 Å². The molecule has 2 aromatic rings. The fourth-order valence-corrected chi connectivity index (χ4v) is 5.72. The van der Waals surface area contributed by atoms with Crippen LogP contribution in [0.15, 0.2) is 17.1 Å². The van der Waals surface area contributed by atoms with Gasteiger partial charge in [0.25, 0.3) is 5.56 Å². The summed E-state index contributed by atoms with van der Waals surface area (Å²) in [7, 11) is -3.16. The Bertz CT molecular complexity index is 965. The Kier molecular flexibility index (Phi) is 4.22. The van der Waals surface area contributed by atoms with Gasteiger partial charge in [-0.25, -0.2) is 17.7 Å². The molecule has 0 aliphatic carbocycles. The molecule has 9 heteroatoms. The molecule has 2 aromatic heterocycles. The van der Waals surface area contributed by atoms with Crippen LogP contribution in [0.2, 0.25) is 0 Å². The van der Waals surface area contributed by atoms with E-state index in [1.165, 1.54) is 17.6 Å². The average molecular weight is 383 g/mol. The second kappa shape index (κ2) is 6.15. The number of hydrogen-bond acceptors (Lipinski definition) is 6. The Morgan fingerprint density at radius 2 is 2.08 bits per heavy atom. The van der Waals surface area contributed by atoms with Gasteiger partial charge < -0.3 is 0 Å². The first-order valence-electron chi connectivity index (χ1n) is 8.47. The van der Waals surface area contributed by atoms with Crippen LogP contribution >= 0.6 is 11.3 Å². The van der Waals surface area contributed by atoms with E-state index in [0.29, 0.717) is 25.6 Å². The zero-order valence-electron chi connectivity index (χ0n) is 14.4. The second-order valence-corrected chi connectivity index (χ2v) is 10.4. The smallest absolute Gasteiger partial charge is 0.258 e. The van der Waals surface area contributed by atoms with Gasteiger partial charge in [0.15, 0.2) is 4.96 Å². The van der Waals surface area contributed by atoms with Gasteiger partial charge in [-0.15, -0.1) is 11.3 Å². The standard InChI is InChI=1S/C16H22N4O3S2/c1-11-6-20-15(21)5-13(17-16(20)24-11)9-18-7-12-3-4-14(18)10-19(8-12)25(2,22)23/h5-6,12,14H,3-4,7-10H2,1-2H3/t12-,14-/m1/s1. The molecule has 7 nitrogen and oxygen atoms in total. The van der Waals surface area contributed by atoms with Crippen LogP contribution in [0, 0.1) is 12.8 Å². The Morgan fingerprint density at radius 1 is 1.28 bits per heavy atom. The summed E-state index contributed by atoms with van der Waals surface area (Å²) in [5, 5.41) is 0. The zero-order valence-corrected chi connectivity index (χ0v) is 16.0. The third kappa shape index (κ3) is 3.38. The third-order valence-electron chi connectivity index (χ3n) is 5.16. The number of fused-ring (bicyclic) bond motifs is 5. The molecule has 2 bridgehead atoms. The van der Waals surface area contributed by atoms with Crippen molar-refractivity contribution < 1.29 is 8.42 Å². The molecule has 136 valence electrons. The molecular weight excluding hydrogens is 360 g/mol. The SMILES string of the molecule is Cc1cn2c(=O)cc(CN3C[C@H]4CC[C@@H]3CN(S(C)(=O)=O)C4)nc2s1. The van der Waals surface area contributed by atoms with Crippen molar-refractivity contribution in [2.45, 2.75) is 32.4 Å². The number of thiazole rings is 1. The van der Waals surface area contributed by atoms with E-state index in [9.17, 15) is 13.2 Å². The van der Waals surface area contributed by atoms with Gasteiger partial charge in [0.2, 0.25) is 10.0 Å². The fourth-order valence-electron chi connectivity index (χ4n) is 3.95. The molecule has 3 saturated heterocycles.